The van der Waals surface area contributed by atoms with Crippen LogP contribution in [0.5, 0.6) is 0 Å². The van der Waals surface area contributed by atoms with Crippen LogP contribution in [0, 0.1) is 0 Å². The standard InChI is InChI=1S/C13H16N6S2/c1-3-9-4-11(13-17-15-8-19(13)18-9)14-5-10-6-21-12(16-10)7-20-2/h4,6,8,14H,3,5,7H2,1-2H3. The molecule has 0 atom stereocenters. The minimum absolute atomic E-state index is 0.681. The second kappa shape index (κ2) is 6.40. The molecule has 21 heavy (non-hydrogen) atoms. The van der Waals surface area contributed by atoms with Gasteiger partial charge in [0.2, 0.25) is 5.65 Å². The quantitative estimate of drug-likeness (QED) is 0.753. The van der Waals surface area contributed by atoms with Crippen LogP contribution in [0.2, 0.25) is 0 Å². The number of thiazole rings is 1. The molecule has 0 saturated heterocycles. The first-order valence-corrected chi connectivity index (χ1v) is 8.93. The molecule has 0 radical (unpaired) electrons. The monoisotopic (exact) mass is 320 g/mol. The fourth-order valence-electron chi connectivity index (χ4n) is 1.99. The summed E-state index contributed by atoms with van der Waals surface area (Å²) in [5.74, 6) is 0.967. The molecule has 0 spiro atoms. The molecule has 0 fully saturated rings. The summed E-state index contributed by atoms with van der Waals surface area (Å²) in [4.78, 5) is 4.60. The molecular weight excluding hydrogens is 304 g/mol. The third-order valence-corrected chi connectivity index (χ3v) is 4.65. The molecule has 0 aliphatic carbocycles. The van der Waals surface area contributed by atoms with Crippen LogP contribution in [0.1, 0.15) is 23.3 Å². The zero-order valence-corrected chi connectivity index (χ0v) is 13.5. The first-order valence-electron chi connectivity index (χ1n) is 6.66. The molecule has 0 saturated carbocycles. The lowest BCUT2D eigenvalue weighted by molar-refractivity contribution is 0.856. The van der Waals surface area contributed by atoms with Crippen LogP contribution in [-0.4, -0.2) is 31.1 Å². The highest BCUT2D eigenvalue weighted by atomic mass is 32.2. The molecule has 8 heteroatoms. The van der Waals surface area contributed by atoms with Crippen molar-refractivity contribution in [2.45, 2.75) is 25.6 Å². The number of rotatable bonds is 6. The third kappa shape index (κ3) is 3.16. The summed E-state index contributed by atoms with van der Waals surface area (Å²) in [6.07, 6.45) is 4.58. The fourth-order valence-corrected chi connectivity index (χ4v) is 3.50. The van der Waals surface area contributed by atoms with E-state index in [9.17, 15) is 0 Å². The van der Waals surface area contributed by atoms with Gasteiger partial charge in [0.15, 0.2) is 0 Å². The van der Waals surface area contributed by atoms with E-state index in [1.54, 1.807) is 33.9 Å². The van der Waals surface area contributed by atoms with Crippen molar-refractivity contribution < 1.29 is 0 Å². The van der Waals surface area contributed by atoms with Crippen LogP contribution in [0.3, 0.4) is 0 Å². The first-order chi connectivity index (χ1) is 10.3. The van der Waals surface area contributed by atoms with Gasteiger partial charge in [-0.25, -0.2) is 4.98 Å². The maximum absolute atomic E-state index is 4.60. The van der Waals surface area contributed by atoms with Crippen molar-refractivity contribution in [3.05, 3.63) is 34.2 Å². The molecular formula is C13H16N6S2. The maximum atomic E-state index is 4.60. The van der Waals surface area contributed by atoms with E-state index in [-0.39, 0.29) is 0 Å². The Labute approximate surface area is 131 Å². The van der Waals surface area contributed by atoms with E-state index in [2.05, 4.69) is 44.2 Å². The number of nitrogens with zero attached hydrogens (tertiary/aromatic N) is 5. The average Bonchev–Trinajstić information content (AvgIpc) is 3.13. The highest BCUT2D eigenvalue weighted by Crippen LogP contribution is 2.19. The van der Waals surface area contributed by atoms with E-state index in [0.717, 1.165) is 39.9 Å². The van der Waals surface area contributed by atoms with E-state index in [1.807, 2.05) is 6.07 Å². The number of thioether (sulfide) groups is 1. The molecule has 0 aromatic carbocycles. The molecule has 0 aliphatic rings. The van der Waals surface area contributed by atoms with Gasteiger partial charge in [-0.15, -0.1) is 21.5 Å². The molecule has 0 bridgehead atoms. The Morgan fingerprint density at radius 3 is 3.10 bits per heavy atom. The maximum Gasteiger partial charge on any atom is 0.200 e. The highest BCUT2D eigenvalue weighted by molar-refractivity contribution is 7.97. The lowest BCUT2D eigenvalue weighted by atomic mass is 10.3. The largest absolute Gasteiger partial charge is 0.376 e. The van der Waals surface area contributed by atoms with Crippen LogP contribution >= 0.6 is 23.1 Å². The Balaban J connectivity index is 1.78. The van der Waals surface area contributed by atoms with E-state index >= 15 is 0 Å². The number of aryl methyl sites for hydroxylation is 1. The third-order valence-electron chi connectivity index (χ3n) is 3.01. The molecule has 0 aliphatic heterocycles. The Bertz CT molecular complexity index is 735. The van der Waals surface area contributed by atoms with Crippen molar-refractivity contribution in [3.8, 4) is 0 Å². The van der Waals surface area contributed by atoms with Gasteiger partial charge in [0.05, 0.1) is 23.6 Å². The van der Waals surface area contributed by atoms with Crippen LogP contribution in [0.4, 0.5) is 5.69 Å². The predicted octanol–water partition coefficient (Wildman–Crippen LogP) is 2.62. The zero-order valence-electron chi connectivity index (χ0n) is 11.9. The summed E-state index contributed by atoms with van der Waals surface area (Å²) in [6, 6.07) is 2.03. The normalized spacial score (nSPS) is 11.1. The number of hydrogen-bond acceptors (Lipinski definition) is 7. The molecule has 110 valence electrons. The summed E-state index contributed by atoms with van der Waals surface area (Å²) >= 11 is 3.49. The van der Waals surface area contributed by atoms with Crippen molar-refractivity contribution in [1.29, 1.82) is 0 Å². The topological polar surface area (TPSA) is 68.0 Å². The van der Waals surface area contributed by atoms with Gasteiger partial charge in [-0.05, 0) is 18.7 Å². The van der Waals surface area contributed by atoms with Crippen molar-refractivity contribution in [2.75, 3.05) is 11.6 Å². The minimum atomic E-state index is 0.681. The van der Waals surface area contributed by atoms with Gasteiger partial charge in [0, 0.05) is 11.1 Å². The molecule has 3 aromatic heterocycles. The fraction of sp³-hybridized carbons (Fsp3) is 0.385. The zero-order chi connectivity index (χ0) is 14.7. The van der Waals surface area contributed by atoms with E-state index in [1.165, 1.54) is 0 Å². The SMILES string of the molecule is CCc1cc(NCc2csc(CSC)n2)c2nncn2n1. The van der Waals surface area contributed by atoms with Crippen LogP contribution in [0.15, 0.2) is 17.8 Å². The molecule has 0 amide bonds. The molecule has 3 heterocycles. The second-order valence-corrected chi connectivity index (χ2v) is 6.33. The molecule has 3 rings (SSSR count). The predicted molar refractivity (Wildman–Crippen MR) is 86.8 cm³/mol. The van der Waals surface area contributed by atoms with Gasteiger partial charge in [0.1, 0.15) is 11.3 Å². The lowest BCUT2D eigenvalue weighted by Crippen LogP contribution is -2.05. The Morgan fingerprint density at radius 1 is 1.38 bits per heavy atom. The minimum Gasteiger partial charge on any atom is -0.376 e. The van der Waals surface area contributed by atoms with Crippen molar-refractivity contribution >= 4 is 34.4 Å². The summed E-state index contributed by atoms with van der Waals surface area (Å²) < 4.78 is 1.71. The van der Waals surface area contributed by atoms with Gasteiger partial charge >= 0.3 is 0 Å². The lowest BCUT2D eigenvalue weighted by Gasteiger charge is -2.07. The van der Waals surface area contributed by atoms with Gasteiger partial charge in [-0.2, -0.15) is 21.4 Å². The Morgan fingerprint density at radius 2 is 2.29 bits per heavy atom. The summed E-state index contributed by atoms with van der Waals surface area (Å²) in [7, 11) is 0. The first kappa shape index (κ1) is 14.3. The molecule has 0 unspecified atom stereocenters. The van der Waals surface area contributed by atoms with E-state index < -0.39 is 0 Å². The summed E-state index contributed by atoms with van der Waals surface area (Å²) in [6.45, 7) is 2.76. The van der Waals surface area contributed by atoms with Crippen LogP contribution in [0.25, 0.3) is 5.65 Å². The van der Waals surface area contributed by atoms with Crippen molar-refractivity contribution in [2.24, 2.45) is 0 Å². The molecule has 3 aromatic rings. The second-order valence-electron chi connectivity index (χ2n) is 4.52. The van der Waals surface area contributed by atoms with Gasteiger partial charge in [-0.1, -0.05) is 6.92 Å². The molecule has 6 nitrogen and oxygen atoms in total. The van der Waals surface area contributed by atoms with E-state index in [0.29, 0.717) is 6.54 Å². The molecule has 1 N–H and O–H groups in total. The highest BCUT2D eigenvalue weighted by Gasteiger charge is 2.08. The number of nitrogens with one attached hydrogen (secondary N) is 1. The number of anilines is 1. The number of aromatic nitrogens is 5. The van der Waals surface area contributed by atoms with Gasteiger partial charge in [0.25, 0.3) is 0 Å². The van der Waals surface area contributed by atoms with Gasteiger partial charge < -0.3 is 5.32 Å². The number of fused-ring (bicyclic) bond motifs is 1. The average molecular weight is 320 g/mol. The smallest absolute Gasteiger partial charge is 0.200 e. The van der Waals surface area contributed by atoms with Crippen molar-refractivity contribution in [1.82, 2.24) is 24.8 Å². The summed E-state index contributed by atoms with van der Waals surface area (Å²) in [5, 5.41) is 19.1. The summed E-state index contributed by atoms with van der Waals surface area (Å²) in [5.41, 5.74) is 3.74. The number of hydrogen-bond donors (Lipinski definition) is 1. The van der Waals surface area contributed by atoms with Crippen LogP contribution in [-0.2, 0) is 18.7 Å². The Hall–Kier alpha value is -1.67. The Kier molecular flexibility index (Phi) is 4.35. The van der Waals surface area contributed by atoms with E-state index in [4.69, 9.17) is 0 Å². The van der Waals surface area contributed by atoms with Crippen LogP contribution < -0.4 is 5.32 Å². The van der Waals surface area contributed by atoms with Gasteiger partial charge in [-0.3, -0.25) is 0 Å². The van der Waals surface area contributed by atoms with Crippen molar-refractivity contribution in [3.63, 3.8) is 0 Å².